The van der Waals surface area contributed by atoms with Gasteiger partial charge in [-0.05, 0) is 42.0 Å². The van der Waals surface area contributed by atoms with E-state index < -0.39 is 0 Å². The molecule has 4 rings (SSSR count). The summed E-state index contributed by atoms with van der Waals surface area (Å²) < 4.78 is 0. The number of benzene rings is 3. The van der Waals surface area contributed by atoms with Crippen molar-refractivity contribution in [2.24, 2.45) is 0 Å². The molecule has 6 heteroatoms. The first kappa shape index (κ1) is 21.5. The van der Waals surface area contributed by atoms with E-state index in [0.717, 1.165) is 22.0 Å². The van der Waals surface area contributed by atoms with Crippen LogP contribution in [-0.4, -0.2) is 35.8 Å². The molecule has 5 nitrogen and oxygen atoms in total. The summed E-state index contributed by atoms with van der Waals surface area (Å²) in [6.07, 6.45) is 0. The SMILES string of the molecule is CN(C)C(=O)c1cccc(CNC(=O)c2cc(-c3ccc(Cl)cc3)nc3ccccc23)c1. The zero-order valence-electron chi connectivity index (χ0n) is 17.8. The van der Waals surface area contributed by atoms with Gasteiger partial charge in [0.25, 0.3) is 11.8 Å². The predicted molar refractivity (Wildman–Crippen MR) is 128 cm³/mol. The van der Waals surface area contributed by atoms with E-state index in [-0.39, 0.29) is 11.8 Å². The first-order valence-corrected chi connectivity index (χ1v) is 10.5. The number of hydrogen-bond donors (Lipinski definition) is 1. The summed E-state index contributed by atoms with van der Waals surface area (Å²) in [5, 5.41) is 4.40. The number of rotatable bonds is 5. The zero-order chi connectivity index (χ0) is 22.7. The summed E-state index contributed by atoms with van der Waals surface area (Å²) in [7, 11) is 3.42. The van der Waals surface area contributed by atoms with Crippen LogP contribution in [0.5, 0.6) is 0 Å². The molecule has 0 saturated heterocycles. The number of para-hydroxylation sites is 1. The van der Waals surface area contributed by atoms with E-state index in [4.69, 9.17) is 16.6 Å². The minimum absolute atomic E-state index is 0.0779. The summed E-state index contributed by atoms with van der Waals surface area (Å²) in [4.78, 5) is 31.6. The van der Waals surface area contributed by atoms with E-state index in [2.05, 4.69) is 5.32 Å². The van der Waals surface area contributed by atoms with Crippen LogP contribution >= 0.6 is 11.6 Å². The third-order valence-corrected chi connectivity index (χ3v) is 5.39. The molecule has 2 amide bonds. The lowest BCUT2D eigenvalue weighted by atomic mass is 10.0. The Morgan fingerprint density at radius 3 is 2.44 bits per heavy atom. The molecule has 0 saturated carbocycles. The number of nitrogens with one attached hydrogen (secondary N) is 1. The Morgan fingerprint density at radius 1 is 0.938 bits per heavy atom. The van der Waals surface area contributed by atoms with Crippen molar-refractivity contribution < 1.29 is 9.59 Å². The van der Waals surface area contributed by atoms with E-state index in [9.17, 15) is 9.59 Å². The summed E-state index contributed by atoms with van der Waals surface area (Å²) in [5.74, 6) is -0.283. The van der Waals surface area contributed by atoms with Crippen molar-refractivity contribution in [1.82, 2.24) is 15.2 Å². The van der Waals surface area contributed by atoms with Crippen LogP contribution in [0.1, 0.15) is 26.3 Å². The quantitative estimate of drug-likeness (QED) is 0.462. The first-order valence-electron chi connectivity index (χ1n) is 10.2. The van der Waals surface area contributed by atoms with Crippen molar-refractivity contribution in [1.29, 1.82) is 0 Å². The summed E-state index contributed by atoms with van der Waals surface area (Å²) in [5.41, 5.74) is 4.29. The maximum Gasteiger partial charge on any atom is 0.253 e. The largest absolute Gasteiger partial charge is 0.348 e. The van der Waals surface area contributed by atoms with Gasteiger partial charge in [-0.3, -0.25) is 9.59 Å². The van der Waals surface area contributed by atoms with Crippen LogP contribution in [0.25, 0.3) is 22.2 Å². The topological polar surface area (TPSA) is 62.3 Å². The van der Waals surface area contributed by atoms with E-state index in [1.807, 2.05) is 48.5 Å². The molecular weight excluding hydrogens is 422 g/mol. The van der Waals surface area contributed by atoms with Gasteiger partial charge in [-0.2, -0.15) is 0 Å². The average Bonchev–Trinajstić information content (AvgIpc) is 2.82. The number of carbonyl (C=O) groups is 2. The molecule has 0 bridgehead atoms. The van der Waals surface area contributed by atoms with Gasteiger partial charge in [0.1, 0.15) is 0 Å². The normalized spacial score (nSPS) is 10.7. The van der Waals surface area contributed by atoms with Gasteiger partial charge in [0.15, 0.2) is 0 Å². The number of halogens is 1. The Kier molecular flexibility index (Phi) is 6.19. The number of amides is 2. The highest BCUT2D eigenvalue weighted by Crippen LogP contribution is 2.26. The van der Waals surface area contributed by atoms with Gasteiger partial charge in [0.05, 0.1) is 16.8 Å². The predicted octanol–water partition coefficient (Wildman–Crippen LogP) is 5.19. The van der Waals surface area contributed by atoms with Crippen LogP contribution in [0.2, 0.25) is 5.02 Å². The molecule has 0 atom stereocenters. The Balaban J connectivity index is 1.63. The van der Waals surface area contributed by atoms with Gasteiger partial charge in [-0.15, -0.1) is 0 Å². The second-order valence-corrected chi connectivity index (χ2v) is 8.10. The molecule has 1 heterocycles. The zero-order valence-corrected chi connectivity index (χ0v) is 18.6. The van der Waals surface area contributed by atoms with Crippen molar-refractivity contribution in [2.75, 3.05) is 14.1 Å². The van der Waals surface area contributed by atoms with E-state index >= 15 is 0 Å². The van der Waals surface area contributed by atoms with E-state index in [1.165, 1.54) is 4.90 Å². The summed E-state index contributed by atoms with van der Waals surface area (Å²) in [6, 6.07) is 24.0. The van der Waals surface area contributed by atoms with Crippen LogP contribution in [0, 0.1) is 0 Å². The fourth-order valence-corrected chi connectivity index (χ4v) is 3.61. The van der Waals surface area contributed by atoms with Crippen molar-refractivity contribution >= 4 is 34.3 Å². The minimum Gasteiger partial charge on any atom is -0.348 e. The van der Waals surface area contributed by atoms with Crippen molar-refractivity contribution in [3.63, 3.8) is 0 Å². The molecule has 0 unspecified atom stereocenters. The van der Waals surface area contributed by atoms with Crippen LogP contribution in [0.15, 0.2) is 78.9 Å². The van der Waals surface area contributed by atoms with Gasteiger partial charge in [0, 0.05) is 42.2 Å². The lowest BCUT2D eigenvalue weighted by Gasteiger charge is -2.13. The summed E-state index contributed by atoms with van der Waals surface area (Å²) in [6.45, 7) is 0.306. The number of carbonyl (C=O) groups excluding carboxylic acids is 2. The number of pyridine rings is 1. The maximum atomic E-state index is 13.2. The van der Waals surface area contributed by atoms with Gasteiger partial charge in [-0.1, -0.05) is 54.1 Å². The highest BCUT2D eigenvalue weighted by Gasteiger charge is 2.14. The molecule has 0 radical (unpaired) electrons. The second kappa shape index (κ2) is 9.20. The molecule has 3 aromatic carbocycles. The number of aromatic nitrogens is 1. The van der Waals surface area contributed by atoms with Gasteiger partial charge >= 0.3 is 0 Å². The van der Waals surface area contributed by atoms with Crippen LogP contribution < -0.4 is 5.32 Å². The van der Waals surface area contributed by atoms with Crippen LogP contribution in [-0.2, 0) is 6.54 Å². The molecule has 4 aromatic rings. The third-order valence-electron chi connectivity index (χ3n) is 5.13. The smallest absolute Gasteiger partial charge is 0.253 e. The molecular formula is C26H22ClN3O2. The molecule has 0 aliphatic carbocycles. The highest BCUT2D eigenvalue weighted by atomic mass is 35.5. The Morgan fingerprint density at radius 2 is 1.69 bits per heavy atom. The van der Waals surface area contributed by atoms with Crippen LogP contribution in [0.3, 0.4) is 0 Å². The Bertz CT molecular complexity index is 1300. The van der Waals surface area contributed by atoms with E-state index in [1.54, 1.807) is 44.4 Å². The fraction of sp³-hybridized carbons (Fsp3) is 0.115. The lowest BCUT2D eigenvalue weighted by Crippen LogP contribution is -2.24. The van der Waals surface area contributed by atoms with E-state index in [0.29, 0.717) is 28.4 Å². The molecule has 0 fully saturated rings. The minimum atomic E-state index is -0.205. The number of fused-ring (bicyclic) bond motifs is 1. The molecule has 0 aliphatic rings. The molecule has 0 aliphatic heterocycles. The molecule has 0 spiro atoms. The molecule has 1 aromatic heterocycles. The summed E-state index contributed by atoms with van der Waals surface area (Å²) >= 11 is 6.01. The highest BCUT2D eigenvalue weighted by molar-refractivity contribution is 6.30. The molecule has 160 valence electrons. The van der Waals surface area contributed by atoms with Gasteiger partial charge in [-0.25, -0.2) is 4.98 Å². The molecule has 32 heavy (non-hydrogen) atoms. The fourth-order valence-electron chi connectivity index (χ4n) is 3.48. The Hall–Kier alpha value is -3.70. The third kappa shape index (κ3) is 4.63. The lowest BCUT2D eigenvalue weighted by molar-refractivity contribution is 0.0827. The van der Waals surface area contributed by atoms with Gasteiger partial charge < -0.3 is 10.2 Å². The Labute approximate surface area is 191 Å². The van der Waals surface area contributed by atoms with Crippen LogP contribution in [0.4, 0.5) is 0 Å². The van der Waals surface area contributed by atoms with Crippen molar-refractivity contribution in [2.45, 2.75) is 6.54 Å². The number of hydrogen-bond acceptors (Lipinski definition) is 3. The maximum absolute atomic E-state index is 13.2. The first-order chi connectivity index (χ1) is 15.4. The second-order valence-electron chi connectivity index (χ2n) is 7.66. The number of nitrogens with zero attached hydrogens (tertiary/aromatic N) is 2. The van der Waals surface area contributed by atoms with Crippen molar-refractivity contribution in [3.8, 4) is 11.3 Å². The monoisotopic (exact) mass is 443 g/mol. The average molecular weight is 444 g/mol. The standard InChI is InChI=1S/C26H22ClN3O2/c1-30(2)26(32)19-7-5-6-17(14-19)16-28-25(31)22-15-24(18-10-12-20(27)13-11-18)29-23-9-4-3-8-21(22)23/h3-15H,16H2,1-2H3,(H,28,31). The van der Waals surface area contributed by atoms with Gasteiger partial charge in [0.2, 0.25) is 0 Å². The van der Waals surface area contributed by atoms with Crippen molar-refractivity contribution in [3.05, 3.63) is 101 Å². The molecule has 1 N–H and O–H groups in total.